The molecule has 0 N–H and O–H groups in total. The smallest absolute Gasteiger partial charge is 0.307 e. The van der Waals surface area contributed by atoms with Gasteiger partial charge in [-0.25, -0.2) is 4.68 Å². The maximum absolute atomic E-state index is 13.1. The molecule has 0 aliphatic carbocycles. The number of hydrogen-bond donors (Lipinski definition) is 0. The number of carbonyl (C=O) groups is 2. The number of carbonyl (C=O) groups excluding carboxylic acids is 2. The second-order valence-corrected chi connectivity index (χ2v) is 6.73. The molecular formula is C21H21ClN4O3. The Morgan fingerprint density at radius 2 is 2.07 bits per heavy atom. The highest BCUT2D eigenvalue weighted by molar-refractivity contribution is 6.30. The quantitative estimate of drug-likeness (QED) is 0.529. The van der Waals surface area contributed by atoms with Crippen molar-refractivity contribution in [1.29, 1.82) is 0 Å². The van der Waals surface area contributed by atoms with E-state index in [-0.39, 0.29) is 24.8 Å². The molecule has 2 aromatic heterocycles. The van der Waals surface area contributed by atoms with Crippen LogP contribution in [0, 0.1) is 0 Å². The lowest BCUT2D eigenvalue weighted by Gasteiger charge is -2.21. The van der Waals surface area contributed by atoms with Crippen molar-refractivity contribution in [2.75, 3.05) is 13.2 Å². The molecule has 8 heteroatoms. The number of ether oxygens (including phenoxy) is 1. The molecule has 7 nitrogen and oxygen atoms in total. The summed E-state index contributed by atoms with van der Waals surface area (Å²) >= 11 is 6.04. The first-order chi connectivity index (χ1) is 14.1. The number of amides is 1. The van der Waals surface area contributed by atoms with Crippen LogP contribution in [0.5, 0.6) is 0 Å². The van der Waals surface area contributed by atoms with Gasteiger partial charge >= 0.3 is 5.97 Å². The lowest BCUT2D eigenvalue weighted by atomic mass is 10.2. The van der Waals surface area contributed by atoms with Gasteiger partial charge in [0.25, 0.3) is 5.91 Å². The number of esters is 1. The molecule has 0 unspecified atom stereocenters. The van der Waals surface area contributed by atoms with E-state index in [0.717, 1.165) is 11.3 Å². The molecule has 0 saturated heterocycles. The van der Waals surface area contributed by atoms with Crippen LogP contribution in [-0.4, -0.2) is 44.7 Å². The number of hydrogen-bond acceptors (Lipinski definition) is 5. The molecule has 29 heavy (non-hydrogen) atoms. The molecule has 2 heterocycles. The van der Waals surface area contributed by atoms with Crippen LogP contribution in [0.3, 0.4) is 0 Å². The molecule has 0 aliphatic rings. The highest BCUT2D eigenvalue weighted by Gasteiger charge is 2.20. The largest absolute Gasteiger partial charge is 0.466 e. The normalized spacial score (nSPS) is 10.6. The summed E-state index contributed by atoms with van der Waals surface area (Å²) in [4.78, 5) is 30.6. The van der Waals surface area contributed by atoms with Crippen LogP contribution >= 0.6 is 11.6 Å². The van der Waals surface area contributed by atoms with Gasteiger partial charge in [0.1, 0.15) is 0 Å². The Bertz CT molecular complexity index is 975. The van der Waals surface area contributed by atoms with Crippen LogP contribution in [0.25, 0.3) is 5.69 Å². The zero-order valence-corrected chi connectivity index (χ0v) is 16.7. The number of aromatic nitrogens is 3. The summed E-state index contributed by atoms with van der Waals surface area (Å²) in [6.45, 7) is 2.62. The molecule has 0 radical (unpaired) electrons. The molecule has 150 valence electrons. The van der Waals surface area contributed by atoms with Gasteiger partial charge in [-0.3, -0.25) is 14.6 Å². The fraction of sp³-hybridized carbons (Fsp3) is 0.238. The van der Waals surface area contributed by atoms with Gasteiger partial charge in [-0.2, -0.15) is 5.10 Å². The molecule has 1 amide bonds. The third-order valence-electron chi connectivity index (χ3n) is 4.18. The van der Waals surface area contributed by atoms with E-state index in [2.05, 4.69) is 10.1 Å². The molecule has 0 fully saturated rings. The molecule has 3 rings (SSSR count). The van der Waals surface area contributed by atoms with Crippen molar-refractivity contribution in [2.24, 2.45) is 0 Å². The predicted octanol–water partition coefficient (Wildman–Crippen LogP) is 3.52. The second kappa shape index (κ2) is 9.84. The minimum Gasteiger partial charge on any atom is -0.466 e. The Balaban J connectivity index is 1.79. The first kappa shape index (κ1) is 20.5. The summed E-state index contributed by atoms with van der Waals surface area (Å²) in [6, 6.07) is 10.9. The standard InChI is InChI=1S/C21H21ClN4O3/c1-2-29-20(27)8-10-25(14-16-5-4-9-23-12-16)21(28)17-13-24-26(15-17)19-7-3-6-18(22)11-19/h3-7,9,11-13,15H,2,8,10,14H2,1H3. The summed E-state index contributed by atoms with van der Waals surface area (Å²) in [5.41, 5.74) is 2.03. The van der Waals surface area contributed by atoms with E-state index in [1.807, 2.05) is 18.2 Å². The van der Waals surface area contributed by atoms with Gasteiger partial charge in [0.15, 0.2) is 0 Å². The highest BCUT2D eigenvalue weighted by atomic mass is 35.5. The van der Waals surface area contributed by atoms with Crippen molar-refractivity contribution in [3.63, 3.8) is 0 Å². The summed E-state index contributed by atoms with van der Waals surface area (Å²) in [5.74, 6) is -0.572. The maximum Gasteiger partial charge on any atom is 0.307 e. The Morgan fingerprint density at radius 1 is 1.21 bits per heavy atom. The van der Waals surface area contributed by atoms with E-state index in [1.54, 1.807) is 53.3 Å². The van der Waals surface area contributed by atoms with Crippen molar-refractivity contribution in [3.05, 3.63) is 77.3 Å². The number of rotatable bonds is 8. The number of nitrogens with zero attached hydrogens (tertiary/aromatic N) is 4. The van der Waals surface area contributed by atoms with Gasteiger partial charge in [0.2, 0.25) is 0 Å². The Labute approximate surface area is 173 Å². The summed E-state index contributed by atoms with van der Waals surface area (Å²) in [7, 11) is 0. The minimum absolute atomic E-state index is 0.113. The van der Waals surface area contributed by atoms with Gasteiger partial charge < -0.3 is 9.64 Å². The van der Waals surface area contributed by atoms with Gasteiger partial charge in [0, 0.05) is 36.7 Å². The van der Waals surface area contributed by atoms with E-state index < -0.39 is 0 Å². The second-order valence-electron chi connectivity index (χ2n) is 6.30. The van der Waals surface area contributed by atoms with Crippen molar-refractivity contribution in [1.82, 2.24) is 19.7 Å². The summed E-state index contributed by atoms with van der Waals surface area (Å²) < 4.78 is 6.57. The first-order valence-electron chi connectivity index (χ1n) is 9.21. The van der Waals surface area contributed by atoms with Crippen LogP contribution < -0.4 is 0 Å². The number of halogens is 1. The summed E-state index contributed by atoms with van der Waals surface area (Å²) in [6.07, 6.45) is 6.63. The lowest BCUT2D eigenvalue weighted by molar-refractivity contribution is -0.143. The Morgan fingerprint density at radius 3 is 2.79 bits per heavy atom. The topological polar surface area (TPSA) is 77.3 Å². The molecule has 0 spiro atoms. The molecule has 0 atom stereocenters. The van der Waals surface area contributed by atoms with Crippen molar-refractivity contribution in [2.45, 2.75) is 19.9 Å². The van der Waals surface area contributed by atoms with E-state index in [9.17, 15) is 9.59 Å². The fourth-order valence-electron chi connectivity index (χ4n) is 2.80. The SMILES string of the molecule is CCOC(=O)CCN(Cc1cccnc1)C(=O)c1cnn(-c2cccc(Cl)c2)c1. The average Bonchev–Trinajstić information content (AvgIpc) is 3.22. The van der Waals surface area contributed by atoms with Crippen LogP contribution in [0.1, 0.15) is 29.3 Å². The van der Waals surface area contributed by atoms with Crippen LogP contribution in [-0.2, 0) is 16.1 Å². The van der Waals surface area contributed by atoms with Crippen LogP contribution in [0.15, 0.2) is 61.2 Å². The Hall–Kier alpha value is -3.19. The molecule has 0 bridgehead atoms. The zero-order chi connectivity index (χ0) is 20.6. The predicted molar refractivity (Wildman–Crippen MR) is 109 cm³/mol. The van der Waals surface area contributed by atoms with Gasteiger partial charge in [-0.05, 0) is 36.8 Å². The first-order valence-corrected chi connectivity index (χ1v) is 9.59. The van der Waals surface area contributed by atoms with Gasteiger partial charge in [0.05, 0.1) is 30.5 Å². The fourth-order valence-corrected chi connectivity index (χ4v) is 2.98. The molecular weight excluding hydrogens is 392 g/mol. The third-order valence-corrected chi connectivity index (χ3v) is 4.41. The van der Waals surface area contributed by atoms with E-state index in [4.69, 9.17) is 16.3 Å². The highest BCUT2D eigenvalue weighted by Crippen LogP contribution is 2.16. The zero-order valence-electron chi connectivity index (χ0n) is 16.0. The minimum atomic E-state index is -0.342. The van der Waals surface area contributed by atoms with Crippen LogP contribution in [0.4, 0.5) is 0 Å². The van der Waals surface area contributed by atoms with Crippen molar-refractivity contribution < 1.29 is 14.3 Å². The van der Waals surface area contributed by atoms with E-state index in [0.29, 0.717) is 23.7 Å². The summed E-state index contributed by atoms with van der Waals surface area (Å²) in [5, 5.41) is 4.85. The van der Waals surface area contributed by atoms with Gasteiger partial charge in [-0.1, -0.05) is 23.7 Å². The van der Waals surface area contributed by atoms with E-state index >= 15 is 0 Å². The molecule has 0 aliphatic heterocycles. The Kier molecular flexibility index (Phi) is 6.97. The lowest BCUT2D eigenvalue weighted by Crippen LogP contribution is -2.32. The monoisotopic (exact) mass is 412 g/mol. The third kappa shape index (κ3) is 5.65. The number of pyridine rings is 1. The maximum atomic E-state index is 13.1. The van der Waals surface area contributed by atoms with Gasteiger partial charge in [-0.15, -0.1) is 0 Å². The average molecular weight is 413 g/mol. The van der Waals surface area contributed by atoms with Crippen molar-refractivity contribution >= 4 is 23.5 Å². The van der Waals surface area contributed by atoms with Crippen molar-refractivity contribution in [3.8, 4) is 5.69 Å². The number of benzene rings is 1. The molecule has 3 aromatic rings. The molecule has 0 saturated carbocycles. The van der Waals surface area contributed by atoms with Crippen LogP contribution in [0.2, 0.25) is 5.02 Å². The molecule has 1 aromatic carbocycles. The van der Waals surface area contributed by atoms with E-state index in [1.165, 1.54) is 6.20 Å².